The summed E-state index contributed by atoms with van der Waals surface area (Å²) in [6.07, 6.45) is 1.48. The standard InChI is InChI=1S/C32H45N3O4/c1-8-23-14-16-25(17-15-23)28(29(36)33-20-24-12-10-9-11-13-24)35(27-19-22(27)4)30(37)26(18-21(2)3)34-31(38)39-32(5,6)7/h9-17,21-22,26-28H,8,18-20H2,1-7H3,(H,33,36)(H,34,38). The molecule has 2 N–H and O–H groups in total. The van der Waals surface area contributed by atoms with Crippen molar-refractivity contribution in [1.82, 2.24) is 15.5 Å². The van der Waals surface area contributed by atoms with Gasteiger partial charge in [0.1, 0.15) is 17.7 Å². The Hall–Kier alpha value is -3.35. The Balaban J connectivity index is 1.97. The number of nitrogens with zero attached hydrogens (tertiary/aromatic N) is 1. The van der Waals surface area contributed by atoms with Gasteiger partial charge in [0.2, 0.25) is 11.8 Å². The zero-order chi connectivity index (χ0) is 28.7. The van der Waals surface area contributed by atoms with Crippen molar-refractivity contribution in [1.29, 1.82) is 0 Å². The Bertz CT molecular complexity index is 1110. The number of ether oxygens (including phenoxy) is 1. The highest BCUT2D eigenvalue weighted by molar-refractivity contribution is 5.92. The van der Waals surface area contributed by atoms with Gasteiger partial charge in [0.25, 0.3) is 0 Å². The number of carbonyl (C=O) groups is 3. The van der Waals surface area contributed by atoms with Gasteiger partial charge in [-0.3, -0.25) is 9.59 Å². The van der Waals surface area contributed by atoms with E-state index in [1.165, 1.54) is 0 Å². The van der Waals surface area contributed by atoms with Crippen molar-refractivity contribution in [2.24, 2.45) is 11.8 Å². The predicted molar refractivity (Wildman–Crippen MR) is 154 cm³/mol. The van der Waals surface area contributed by atoms with E-state index < -0.39 is 23.8 Å². The molecule has 3 rings (SSSR count). The summed E-state index contributed by atoms with van der Waals surface area (Å²) in [6.45, 7) is 13.9. The predicted octanol–water partition coefficient (Wildman–Crippen LogP) is 5.78. The molecule has 39 heavy (non-hydrogen) atoms. The van der Waals surface area contributed by atoms with Crippen LogP contribution in [0.1, 0.15) is 84.0 Å². The monoisotopic (exact) mass is 535 g/mol. The highest BCUT2D eigenvalue weighted by atomic mass is 16.6. The van der Waals surface area contributed by atoms with Crippen LogP contribution in [0.5, 0.6) is 0 Å². The van der Waals surface area contributed by atoms with E-state index in [9.17, 15) is 14.4 Å². The van der Waals surface area contributed by atoms with E-state index in [-0.39, 0.29) is 29.7 Å². The van der Waals surface area contributed by atoms with Gasteiger partial charge in [-0.15, -0.1) is 0 Å². The number of amides is 3. The van der Waals surface area contributed by atoms with E-state index in [2.05, 4.69) is 24.5 Å². The number of carbonyl (C=O) groups excluding carboxylic acids is 3. The molecule has 0 spiro atoms. The van der Waals surface area contributed by atoms with Crippen LogP contribution in [0, 0.1) is 11.8 Å². The zero-order valence-corrected chi connectivity index (χ0v) is 24.5. The molecular weight excluding hydrogens is 490 g/mol. The second-order valence-corrected chi connectivity index (χ2v) is 12.1. The maximum atomic E-state index is 14.3. The minimum absolute atomic E-state index is 0.0917. The van der Waals surface area contributed by atoms with E-state index in [4.69, 9.17) is 4.74 Å². The molecule has 1 fully saturated rings. The fourth-order valence-electron chi connectivity index (χ4n) is 4.75. The maximum absolute atomic E-state index is 14.3. The van der Waals surface area contributed by atoms with Crippen LogP contribution in [0.4, 0.5) is 4.79 Å². The van der Waals surface area contributed by atoms with E-state index in [0.29, 0.717) is 13.0 Å². The molecule has 0 heterocycles. The number of hydrogen-bond acceptors (Lipinski definition) is 4. The topological polar surface area (TPSA) is 87.7 Å². The molecule has 7 heteroatoms. The lowest BCUT2D eigenvalue weighted by molar-refractivity contribution is -0.143. The molecule has 4 atom stereocenters. The third-order valence-electron chi connectivity index (χ3n) is 6.91. The molecule has 212 valence electrons. The van der Waals surface area contributed by atoms with E-state index >= 15 is 0 Å². The van der Waals surface area contributed by atoms with Crippen molar-refractivity contribution in [3.63, 3.8) is 0 Å². The van der Waals surface area contributed by atoms with Crippen molar-refractivity contribution >= 4 is 17.9 Å². The summed E-state index contributed by atoms with van der Waals surface area (Å²) in [5.74, 6) is -0.101. The van der Waals surface area contributed by atoms with Gasteiger partial charge in [-0.05, 0) is 68.6 Å². The van der Waals surface area contributed by atoms with Crippen LogP contribution >= 0.6 is 0 Å². The largest absolute Gasteiger partial charge is 0.444 e. The minimum Gasteiger partial charge on any atom is -0.444 e. The van der Waals surface area contributed by atoms with Crippen LogP contribution in [0.15, 0.2) is 54.6 Å². The first-order valence-corrected chi connectivity index (χ1v) is 14.1. The van der Waals surface area contributed by atoms with Gasteiger partial charge in [0.05, 0.1) is 0 Å². The summed E-state index contributed by atoms with van der Waals surface area (Å²) < 4.78 is 5.48. The quantitative estimate of drug-likeness (QED) is 0.382. The molecule has 1 aliphatic carbocycles. The van der Waals surface area contributed by atoms with Gasteiger partial charge < -0.3 is 20.3 Å². The Morgan fingerprint density at radius 3 is 2.13 bits per heavy atom. The normalized spacial score (nSPS) is 18.2. The number of hydrogen-bond donors (Lipinski definition) is 2. The van der Waals surface area contributed by atoms with Gasteiger partial charge in [-0.25, -0.2) is 4.79 Å². The molecule has 0 bridgehead atoms. The summed E-state index contributed by atoms with van der Waals surface area (Å²) in [6, 6.07) is 15.9. The van der Waals surface area contributed by atoms with Crippen molar-refractivity contribution < 1.29 is 19.1 Å². The number of nitrogens with one attached hydrogen (secondary N) is 2. The molecule has 2 aromatic carbocycles. The minimum atomic E-state index is -0.822. The van der Waals surface area contributed by atoms with E-state index in [1.807, 2.05) is 68.4 Å². The Morgan fingerprint density at radius 1 is 1.00 bits per heavy atom. The van der Waals surface area contributed by atoms with Crippen molar-refractivity contribution in [3.05, 3.63) is 71.3 Å². The molecule has 0 saturated heterocycles. The van der Waals surface area contributed by atoms with Gasteiger partial charge in [0.15, 0.2) is 0 Å². The van der Waals surface area contributed by atoms with Crippen molar-refractivity contribution in [2.75, 3.05) is 0 Å². The third-order valence-corrected chi connectivity index (χ3v) is 6.91. The van der Waals surface area contributed by atoms with Gasteiger partial charge >= 0.3 is 6.09 Å². The van der Waals surface area contributed by atoms with Crippen LogP contribution in [0.2, 0.25) is 0 Å². The molecular formula is C32H45N3O4. The molecule has 1 saturated carbocycles. The number of aryl methyl sites for hydroxylation is 1. The summed E-state index contributed by atoms with van der Waals surface area (Å²) in [5, 5.41) is 5.89. The fraction of sp³-hybridized carbons (Fsp3) is 0.531. The summed E-state index contributed by atoms with van der Waals surface area (Å²) >= 11 is 0. The van der Waals surface area contributed by atoms with Gasteiger partial charge in [-0.2, -0.15) is 0 Å². The second-order valence-electron chi connectivity index (χ2n) is 12.1. The molecule has 0 aromatic heterocycles. The second kappa shape index (κ2) is 13.1. The number of rotatable bonds is 11. The van der Waals surface area contributed by atoms with Crippen LogP contribution in [0.25, 0.3) is 0 Å². The van der Waals surface area contributed by atoms with Crippen molar-refractivity contribution in [3.8, 4) is 0 Å². The molecule has 7 nitrogen and oxygen atoms in total. The summed E-state index contributed by atoms with van der Waals surface area (Å²) in [4.78, 5) is 42.7. The van der Waals surface area contributed by atoms with Crippen LogP contribution in [-0.4, -0.2) is 40.5 Å². The molecule has 1 aliphatic rings. The molecule has 0 radical (unpaired) electrons. The average molecular weight is 536 g/mol. The van der Waals surface area contributed by atoms with Crippen LogP contribution in [0.3, 0.4) is 0 Å². The molecule has 0 aliphatic heterocycles. The SMILES string of the molecule is CCc1ccc(C(C(=O)NCc2ccccc2)N(C(=O)C(CC(C)C)NC(=O)OC(C)(C)C)C2CC2C)cc1. The molecule has 2 aromatic rings. The lowest BCUT2D eigenvalue weighted by atomic mass is 9.97. The van der Waals surface area contributed by atoms with Gasteiger partial charge in [0, 0.05) is 12.6 Å². The Morgan fingerprint density at radius 2 is 1.62 bits per heavy atom. The smallest absolute Gasteiger partial charge is 0.408 e. The van der Waals surface area contributed by atoms with Crippen LogP contribution in [-0.2, 0) is 27.3 Å². The van der Waals surface area contributed by atoms with Crippen molar-refractivity contribution in [2.45, 2.75) is 98.0 Å². The number of benzene rings is 2. The molecule has 4 unspecified atom stereocenters. The molecule has 3 amide bonds. The number of alkyl carbamates (subject to hydrolysis) is 1. The summed E-state index contributed by atoms with van der Waals surface area (Å²) in [5.41, 5.74) is 2.20. The zero-order valence-electron chi connectivity index (χ0n) is 24.5. The highest BCUT2D eigenvalue weighted by Crippen LogP contribution is 2.41. The lowest BCUT2D eigenvalue weighted by Crippen LogP contribution is -2.54. The van der Waals surface area contributed by atoms with Gasteiger partial charge in [-0.1, -0.05) is 82.3 Å². The van der Waals surface area contributed by atoms with Crippen LogP contribution < -0.4 is 10.6 Å². The summed E-state index contributed by atoms with van der Waals surface area (Å²) in [7, 11) is 0. The lowest BCUT2D eigenvalue weighted by Gasteiger charge is -2.35. The Kier molecular flexibility index (Phi) is 10.2. The average Bonchev–Trinajstić information content (AvgIpc) is 3.60. The first-order valence-electron chi connectivity index (χ1n) is 14.1. The first kappa shape index (κ1) is 30.2. The van der Waals surface area contributed by atoms with E-state index in [1.54, 1.807) is 25.7 Å². The van der Waals surface area contributed by atoms with E-state index in [0.717, 1.165) is 29.5 Å². The first-order chi connectivity index (χ1) is 18.4. The highest BCUT2D eigenvalue weighted by Gasteiger charge is 2.48. The third kappa shape index (κ3) is 8.84. The Labute approximate surface area is 233 Å². The fourth-order valence-corrected chi connectivity index (χ4v) is 4.75. The maximum Gasteiger partial charge on any atom is 0.408 e.